The van der Waals surface area contributed by atoms with Gasteiger partial charge in [0.05, 0.1) is 30.4 Å². The number of amides is 1. The number of nitrogens with zero attached hydrogens (tertiary/aromatic N) is 3. The SMILES string of the molecule is COc1cc(OC)c(NC(=O)Cn2c(C)cc3nc4n(c(=O)c32)CCCC4)cc1Cl. The highest BCUT2D eigenvalue weighted by Gasteiger charge is 2.20. The fourth-order valence-electron chi connectivity index (χ4n) is 3.88. The lowest BCUT2D eigenvalue weighted by Crippen LogP contribution is -2.30. The van der Waals surface area contributed by atoms with Gasteiger partial charge >= 0.3 is 0 Å². The zero-order chi connectivity index (χ0) is 21.4. The molecule has 3 heterocycles. The van der Waals surface area contributed by atoms with E-state index in [4.69, 9.17) is 21.1 Å². The van der Waals surface area contributed by atoms with Gasteiger partial charge in [0, 0.05) is 24.7 Å². The Morgan fingerprint density at radius 1 is 1.20 bits per heavy atom. The standard InChI is InChI=1S/C21H23ClN4O4/c1-12-8-15-20(21(28)25-7-5-4-6-18(25)23-15)26(12)11-19(27)24-14-9-13(22)16(29-2)10-17(14)30-3/h8-10H,4-7,11H2,1-3H3,(H,24,27). The number of benzene rings is 1. The minimum absolute atomic E-state index is 0.0294. The molecule has 1 aliphatic heterocycles. The summed E-state index contributed by atoms with van der Waals surface area (Å²) in [6, 6.07) is 5.03. The van der Waals surface area contributed by atoms with E-state index in [2.05, 4.69) is 10.3 Å². The average Bonchev–Trinajstić information content (AvgIpc) is 3.03. The van der Waals surface area contributed by atoms with Crippen LogP contribution in [0, 0.1) is 6.92 Å². The molecule has 0 saturated carbocycles. The first kappa shape index (κ1) is 20.3. The van der Waals surface area contributed by atoms with E-state index >= 15 is 0 Å². The van der Waals surface area contributed by atoms with E-state index in [1.807, 2.05) is 13.0 Å². The molecule has 2 aromatic heterocycles. The lowest BCUT2D eigenvalue weighted by atomic mass is 10.1. The summed E-state index contributed by atoms with van der Waals surface area (Å²) in [6.45, 7) is 2.50. The lowest BCUT2D eigenvalue weighted by Gasteiger charge is -2.18. The predicted octanol–water partition coefficient (Wildman–Crippen LogP) is 3.15. The van der Waals surface area contributed by atoms with E-state index in [1.54, 1.807) is 21.3 Å². The van der Waals surface area contributed by atoms with Gasteiger partial charge in [-0.25, -0.2) is 4.98 Å². The number of hydrogen-bond donors (Lipinski definition) is 1. The molecule has 9 heteroatoms. The van der Waals surface area contributed by atoms with Gasteiger partial charge in [-0.2, -0.15) is 0 Å². The molecule has 0 saturated heterocycles. The van der Waals surface area contributed by atoms with E-state index in [0.717, 1.165) is 30.8 Å². The molecule has 158 valence electrons. The normalized spacial score (nSPS) is 13.2. The Labute approximate surface area is 178 Å². The van der Waals surface area contributed by atoms with Gasteiger partial charge in [0.25, 0.3) is 5.56 Å². The molecule has 30 heavy (non-hydrogen) atoms. The highest BCUT2D eigenvalue weighted by Crippen LogP contribution is 2.36. The Morgan fingerprint density at radius 2 is 1.97 bits per heavy atom. The lowest BCUT2D eigenvalue weighted by molar-refractivity contribution is -0.116. The van der Waals surface area contributed by atoms with Crippen LogP contribution in [0.15, 0.2) is 23.0 Å². The number of carbonyl (C=O) groups is 1. The number of nitrogens with one attached hydrogen (secondary N) is 1. The third-order valence-corrected chi connectivity index (χ3v) is 5.67. The second kappa shape index (κ2) is 8.02. The van der Waals surface area contributed by atoms with Gasteiger partial charge in [-0.05, 0) is 31.9 Å². The van der Waals surface area contributed by atoms with Crippen molar-refractivity contribution in [2.75, 3.05) is 19.5 Å². The van der Waals surface area contributed by atoms with Crippen LogP contribution in [0.3, 0.4) is 0 Å². The highest BCUT2D eigenvalue weighted by atomic mass is 35.5. The van der Waals surface area contributed by atoms with E-state index < -0.39 is 0 Å². The van der Waals surface area contributed by atoms with Crippen LogP contribution in [0.2, 0.25) is 5.02 Å². The minimum Gasteiger partial charge on any atom is -0.495 e. The van der Waals surface area contributed by atoms with E-state index in [0.29, 0.717) is 39.8 Å². The maximum Gasteiger partial charge on any atom is 0.278 e. The van der Waals surface area contributed by atoms with Crippen LogP contribution in [-0.2, 0) is 24.3 Å². The monoisotopic (exact) mass is 430 g/mol. The van der Waals surface area contributed by atoms with Gasteiger partial charge in [-0.3, -0.25) is 14.2 Å². The molecule has 0 aliphatic carbocycles. The number of ether oxygens (including phenoxy) is 2. The van der Waals surface area contributed by atoms with Crippen LogP contribution in [0.25, 0.3) is 11.0 Å². The summed E-state index contributed by atoms with van der Waals surface area (Å²) >= 11 is 6.19. The van der Waals surface area contributed by atoms with Crippen molar-refractivity contribution < 1.29 is 14.3 Å². The van der Waals surface area contributed by atoms with Crippen molar-refractivity contribution in [3.8, 4) is 11.5 Å². The Bertz CT molecular complexity index is 1200. The molecule has 0 atom stereocenters. The first-order chi connectivity index (χ1) is 14.4. The quantitative estimate of drug-likeness (QED) is 0.671. The Kier molecular flexibility index (Phi) is 5.42. The molecule has 0 fully saturated rings. The van der Waals surface area contributed by atoms with E-state index in [1.165, 1.54) is 14.2 Å². The number of aryl methyl sites for hydroxylation is 2. The third-order valence-electron chi connectivity index (χ3n) is 5.37. The molecule has 1 aromatic carbocycles. The predicted molar refractivity (Wildman–Crippen MR) is 115 cm³/mol. The number of anilines is 1. The van der Waals surface area contributed by atoms with E-state index in [-0.39, 0.29) is 18.0 Å². The Hall–Kier alpha value is -3.00. The number of hydrogen-bond acceptors (Lipinski definition) is 5. The van der Waals surface area contributed by atoms with Crippen LogP contribution < -0.4 is 20.3 Å². The number of methoxy groups -OCH3 is 2. The Morgan fingerprint density at radius 3 is 2.70 bits per heavy atom. The minimum atomic E-state index is -0.308. The largest absolute Gasteiger partial charge is 0.495 e. The van der Waals surface area contributed by atoms with Crippen LogP contribution in [0.5, 0.6) is 11.5 Å². The first-order valence-corrected chi connectivity index (χ1v) is 10.1. The summed E-state index contributed by atoms with van der Waals surface area (Å²) in [4.78, 5) is 30.6. The Balaban J connectivity index is 1.67. The first-order valence-electron chi connectivity index (χ1n) is 9.74. The molecule has 1 N–H and O–H groups in total. The molecule has 3 aromatic rings. The maximum absolute atomic E-state index is 13.1. The number of halogens is 1. The fourth-order valence-corrected chi connectivity index (χ4v) is 4.12. The summed E-state index contributed by atoms with van der Waals surface area (Å²) in [5.74, 6) is 1.38. The number of fused-ring (bicyclic) bond motifs is 2. The van der Waals surface area contributed by atoms with Crippen LogP contribution >= 0.6 is 11.6 Å². The van der Waals surface area contributed by atoms with E-state index in [9.17, 15) is 9.59 Å². The maximum atomic E-state index is 13.1. The van der Waals surface area contributed by atoms with Gasteiger partial charge in [-0.15, -0.1) is 0 Å². The van der Waals surface area contributed by atoms with Gasteiger partial charge in [0.15, 0.2) is 0 Å². The van der Waals surface area contributed by atoms with Crippen molar-refractivity contribution in [1.82, 2.24) is 14.1 Å². The van der Waals surface area contributed by atoms with Gasteiger partial charge < -0.3 is 19.4 Å². The summed E-state index contributed by atoms with van der Waals surface area (Å²) in [5.41, 5.74) is 2.21. The van der Waals surface area contributed by atoms with Crippen LogP contribution in [-0.4, -0.2) is 34.2 Å². The summed E-state index contributed by atoms with van der Waals surface area (Å²) in [5, 5.41) is 3.16. The van der Waals surface area contributed by atoms with Crippen LogP contribution in [0.4, 0.5) is 5.69 Å². The zero-order valence-corrected chi connectivity index (χ0v) is 17.9. The summed E-state index contributed by atoms with van der Waals surface area (Å²) in [6.07, 6.45) is 2.79. The topological polar surface area (TPSA) is 87.4 Å². The number of carbonyl (C=O) groups excluding carboxylic acids is 1. The molecule has 4 rings (SSSR count). The average molecular weight is 431 g/mol. The molecule has 0 radical (unpaired) electrons. The molecule has 1 aliphatic rings. The van der Waals surface area contributed by atoms with Crippen molar-refractivity contribution in [3.63, 3.8) is 0 Å². The second-order valence-corrected chi connectivity index (χ2v) is 7.69. The molecule has 0 spiro atoms. The molecule has 0 bridgehead atoms. The number of rotatable bonds is 5. The van der Waals surface area contributed by atoms with Gasteiger partial charge in [-0.1, -0.05) is 11.6 Å². The molecular formula is C21H23ClN4O4. The third kappa shape index (κ3) is 3.52. The molecule has 0 unspecified atom stereocenters. The van der Waals surface area contributed by atoms with Crippen molar-refractivity contribution in [2.45, 2.75) is 39.3 Å². The van der Waals surface area contributed by atoms with Crippen molar-refractivity contribution in [3.05, 3.63) is 45.1 Å². The summed E-state index contributed by atoms with van der Waals surface area (Å²) in [7, 11) is 3.00. The van der Waals surface area contributed by atoms with Crippen molar-refractivity contribution >= 4 is 34.2 Å². The summed E-state index contributed by atoms with van der Waals surface area (Å²) < 4.78 is 13.9. The van der Waals surface area contributed by atoms with Gasteiger partial charge in [0.1, 0.15) is 29.4 Å². The number of aromatic nitrogens is 3. The fraction of sp³-hybridized carbons (Fsp3) is 0.381. The van der Waals surface area contributed by atoms with Crippen molar-refractivity contribution in [1.29, 1.82) is 0 Å². The highest BCUT2D eigenvalue weighted by molar-refractivity contribution is 6.32. The van der Waals surface area contributed by atoms with Gasteiger partial charge in [0.2, 0.25) is 5.91 Å². The van der Waals surface area contributed by atoms with Crippen LogP contribution in [0.1, 0.15) is 24.4 Å². The molecule has 8 nitrogen and oxygen atoms in total. The second-order valence-electron chi connectivity index (χ2n) is 7.28. The molecule has 1 amide bonds. The molecular weight excluding hydrogens is 408 g/mol. The smallest absolute Gasteiger partial charge is 0.278 e. The van der Waals surface area contributed by atoms with Crippen molar-refractivity contribution in [2.24, 2.45) is 0 Å². The zero-order valence-electron chi connectivity index (χ0n) is 17.1.